The molecule has 1 N–H and O–H groups in total. The second kappa shape index (κ2) is 10.5. The molecule has 2 aromatic carbocycles. The molecule has 10 heteroatoms. The highest BCUT2D eigenvalue weighted by molar-refractivity contribution is 8.26. The summed E-state index contributed by atoms with van der Waals surface area (Å²) in [6, 6.07) is 14.8. The Morgan fingerprint density at radius 2 is 1.87 bits per heavy atom. The molecule has 1 heterocycles. The minimum atomic E-state index is -3.00. The van der Waals surface area contributed by atoms with Crippen molar-refractivity contribution in [1.29, 1.82) is 0 Å². The van der Waals surface area contributed by atoms with Gasteiger partial charge in [-0.15, -0.1) is 0 Å². The number of nitrogens with zero attached hydrogens (tertiary/aromatic N) is 2. The number of hydrogen-bond donors (Lipinski definition) is 1. The number of carbonyl (C=O) groups excluding carboxylic acids is 2. The third-order valence-corrected chi connectivity index (χ3v) is 5.66. The van der Waals surface area contributed by atoms with Crippen LogP contribution in [0.4, 0.5) is 14.5 Å². The number of alkyl halides is 2. The Bertz CT molecular complexity index is 1000. The average Bonchev–Trinajstić information content (AvgIpc) is 3.01. The van der Waals surface area contributed by atoms with Gasteiger partial charge in [0.1, 0.15) is 16.6 Å². The zero-order chi connectivity index (χ0) is 22.4. The number of halogens is 2. The SMILES string of the molecule is O=C1/C(=C/c2ccccc2OC(F)F)SC(=S)N1CC(=O)N(CCO)c1ccccc1. The first-order valence-electron chi connectivity index (χ1n) is 9.16. The molecule has 0 aromatic heterocycles. The van der Waals surface area contributed by atoms with Crippen molar-refractivity contribution < 1.29 is 28.2 Å². The van der Waals surface area contributed by atoms with Crippen molar-refractivity contribution in [2.24, 2.45) is 0 Å². The van der Waals surface area contributed by atoms with Gasteiger partial charge in [0.25, 0.3) is 5.91 Å². The van der Waals surface area contributed by atoms with E-state index in [1.165, 1.54) is 29.2 Å². The van der Waals surface area contributed by atoms with Crippen LogP contribution < -0.4 is 9.64 Å². The number of benzene rings is 2. The van der Waals surface area contributed by atoms with E-state index in [0.29, 0.717) is 11.3 Å². The van der Waals surface area contributed by atoms with Crippen molar-refractivity contribution >= 4 is 51.9 Å². The van der Waals surface area contributed by atoms with Crippen LogP contribution in [0.15, 0.2) is 59.5 Å². The van der Waals surface area contributed by atoms with Crippen molar-refractivity contribution in [1.82, 2.24) is 4.90 Å². The predicted octanol–water partition coefficient (Wildman–Crippen LogP) is 3.51. The van der Waals surface area contributed by atoms with E-state index >= 15 is 0 Å². The fourth-order valence-corrected chi connectivity index (χ4v) is 4.15. The molecule has 0 radical (unpaired) electrons. The number of anilines is 1. The predicted molar refractivity (Wildman–Crippen MR) is 119 cm³/mol. The first-order chi connectivity index (χ1) is 14.9. The highest BCUT2D eigenvalue weighted by Crippen LogP contribution is 2.34. The van der Waals surface area contributed by atoms with E-state index in [2.05, 4.69) is 4.74 Å². The van der Waals surface area contributed by atoms with Crippen LogP contribution in [0.1, 0.15) is 5.56 Å². The molecule has 3 rings (SSSR count). The summed E-state index contributed by atoms with van der Waals surface area (Å²) >= 11 is 6.23. The lowest BCUT2D eigenvalue weighted by Crippen LogP contribution is -2.43. The minimum Gasteiger partial charge on any atom is -0.434 e. The van der Waals surface area contributed by atoms with Gasteiger partial charge in [0.05, 0.1) is 11.5 Å². The standard InChI is InChI=1S/C21H18F2N2O4S2/c22-20(23)29-16-9-5-4-6-14(16)12-17-19(28)25(21(30)31-17)13-18(27)24(10-11-26)15-7-2-1-3-8-15/h1-9,12,20,26H,10-11,13H2/b17-12-. The van der Waals surface area contributed by atoms with Gasteiger partial charge in [0.15, 0.2) is 0 Å². The molecule has 2 amide bonds. The van der Waals surface area contributed by atoms with Gasteiger partial charge in [-0.05, 0) is 24.3 Å². The number of carbonyl (C=O) groups is 2. The second-order valence-corrected chi connectivity index (χ2v) is 7.96. The fraction of sp³-hybridized carbons (Fsp3) is 0.190. The summed E-state index contributed by atoms with van der Waals surface area (Å²) in [6.45, 7) is -3.50. The fourth-order valence-electron chi connectivity index (χ4n) is 2.91. The van der Waals surface area contributed by atoms with E-state index in [1.807, 2.05) is 0 Å². The number of rotatable bonds is 8. The van der Waals surface area contributed by atoms with Crippen molar-refractivity contribution in [3.05, 3.63) is 65.1 Å². The number of aliphatic hydroxyl groups is 1. The Morgan fingerprint density at radius 1 is 1.19 bits per heavy atom. The van der Waals surface area contributed by atoms with Crippen molar-refractivity contribution in [3.8, 4) is 5.75 Å². The number of hydrogen-bond acceptors (Lipinski definition) is 6. The Hall–Kier alpha value is -2.82. The molecule has 2 aromatic rings. The van der Waals surface area contributed by atoms with Crippen LogP contribution in [-0.4, -0.2) is 52.4 Å². The maximum Gasteiger partial charge on any atom is 0.387 e. The van der Waals surface area contributed by atoms with Crippen LogP contribution in [-0.2, 0) is 9.59 Å². The maximum atomic E-state index is 12.9. The molecule has 0 aliphatic carbocycles. The van der Waals surface area contributed by atoms with Gasteiger partial charge in [-0.3, -0.25) is 14.5 Å². The molecule has 0 atom stereocenters. The van der Waals surface area contributed by atoms with Gasteiger partial charge in [-0.1, -0.05) is 60.4 Å². The third kappa shape index (κ3) is 5.66. The summed E-state index contributed by atoms with van der Waals surface area (Å²) in [5, 5.41) is 9.33. The second-order valence-electron chi connectivity index (χ2n) is 6.29. The number of amides is 2. The summed E-state index contributed by atoms with van der Waals surface area (Å²) in [5.41, 5.74) is 0.876. The lowest BCUT2D eigenvalue weighted by atomic mass is 10.2. The maximum absolute atomic E-state index is 12.9. The van der Waals surface area contributed by atoms with E-state index in [1.54, 1.807) is 36.4 Å². The summed E-state index contributed by atoms with van der Waals surface area (Å²) < 4.78 is 29.9. The van der Waals surface area contributed by atoms with Crippen LogP contribution in [0.3, 0.4) is 0 Å². The van der Waals surface area contributed by atoms with E-state index in [4.69, 9.17) is 12.2 Å². The van der Waals surface area contributed by atoms with Gasteiger partial charge in [-0.25, -0.2) is 0 Å². The molecule has 0 unspecified atom stereocenters. The largest absolute Gasteiger partial charge is 0.434 e. The first kappa shape index (κ1) is 22.9. The van der Waals surface area contributed by atoms with Gasteiger partial charge < -0.3 is 14.7 Å². The Labute approximate surface area is 187 Å². The molecular weight excluding hydrogens is 446 g/mol. The van der Waals surface area contributed by atoms with Crippen LogP contribution >= 0.6 is 24.0 Å². The lowest BCUT2D eigenvalue weighted by molar-refractivity contribution is -0.127. The molecule has 6 nitrogen and oxygen atoms in total. The lowest BCUT2D eigenvalue weighted by Gasteiger charge is -2.24. The zero-order valence-electron chi connectivity index (χ0n) is 16.1. The molecule has 1 saturated heterocycles. The summed E-state index contributed by atoms with van der Waals surface area (Å²) in [5.74, 6) is -0.997. The summed E-state index contributed by atoms with van der Waals surface area (Å²) in [6.07, 6.45) is 1.41. The molecule has 0 saturated carbocycles. The van der Waals surface area contributed by atoms with Crippen LogP contribution in [0.5, 0.6) is 5.75 Å². The number of ether oxygens (including phenoxy) is 1. The molecule has 1 aliphatic rings. The molecular formula is C21H18F2N2O4S2. The van der Waals surface area contributed by atoms with Crippen molar-refractivity contribution in [3.63, 3.8) is 0 Å². The Kier molecular flexibility index (Phi) is 7.72. The summed E-state index contributed by atoms with van der Waals surface area (Å²) in [7, 11) is 0. The smallest absolute Gasteiger partial charge is 0.387 e. The van der Waals surface area contributed by atoms with E-state index in [0.717, 1.165) is 16.7 Å². The highest BCUT2D eigenvalue weighted by Gasteiger charge is 2.34. The summed E-state index contributed by atoms with van der Waals surface area (Å²) in [4.78, 5) is 28.4. The Morgan fingerprint density at radius 3 is 2.55 bits per heavy atom. The third-order valence-electron chi connectivity index (χ3n) is 4.28. The zero-order valence-corrected chi connectivity index (χ0v) is 17.7. The number of aliphatic hydroxyl groups excluding tert-OH is 1. The van der Waals surface area contributed by atoms with E-state index in [-0.39, 0.29) is 34.7 Å². The molecule has 0 spiro atoms. The Balaban J connectivity index is 1.79. The van der Waals surface area contributed by atoms with Gasteiger partial charge in [-0.2, -0.15) is 8.78 Å². The van der Waals surface area contributed by atoms with Gasteiger partial charge in [0.2, 0.25) is 5.91 Å². The number of para-hydroxylation sites is 2. The van der Waals surface area contributed by atoms with Crippen LogP contribution in [0.25, 0.3) is 6.08 Å². The van der Waals surface area contributed by atoms with Gasteiger partial charge in [0, 0.05) is 17.8 Å². The topological polar surface area (TPSA) is 70.1 Å². The first-order valence-corrected chi connectivity index (χ1v) is 10.4. The normalized spacial score (nSPS) is 15.1. The molecule has 162 valence electrons. The molecule has 1 aliphatic heterocycles. The molecule has 1 fully saturated rings. The monoisotopic (exact) mass is 464 g/mol. The van der Waals surface area contributed by atoms with E-state index < -0.39 is 18.4 Å². The molecule has 0 bridgehead atoms. The average molecular weight is 465 g/mol. The highest BCUT2D eigenvalue weighted by atomic mass is 32.2. The quantitative estimate of drug-likeness (QED) is 0.476. The van der Waals surface area contributed by atoms with Crippen LogP contribution in [0.2, 0.25) is 0 Å². The molecule has 31 heavy (non-hydrogen) atoms. The van der Waals surface area contributed by atoms with Crippen LogP contribution in [0, 0.1) is 0 Å². The van der Waals surface area contributed by atoms with Gasteiger partial charge >= 0.3 is 6.61 Å². The number of thiocarbonyl (C=S) groups is 1. The minimum absolute atomic E-state index is 0.0613. The number of thioether (sulfide) groups is 1. The van der Waals surface area contributed by atoms with Crippen molar-refractivity contribution in [2.75, 3.05) is 24.6 Å². The van der Waals surface area contributed by atoms with E-state index in [9.17, 15) is 23.5 Å². The van der Waals surface area contributed by atoms with Crippen molar-refractivity contribution in [2.45, 2.75) is 6.61 Å².